The summed E-state index contributed by atoms with van der Waals surface area (Å²) in [6.07, 6.45) is 5.59. The molecule has 0 aliphatic heterocycles. The number of nitrogens with one attached hydrogen (secondary N) is 1. The van der Waals surface area contributed by atoms with E-state index in [4.69, 9.17) is 0 Å². The van der Waals surface area contributed by atoms with Crippen LogP contribution in [-0.4, -0.2) is 35.5 Å². The third-order valence-corrected chi connectivity index (χ3v) is 3.64. The average Bonchev–Trinajstić information content (AvgIpc) is 2.76. The Bertz CT molecular complexity index is 275. The van der Waals surface area contributed by atoms with Crippen LogP contribution in [0.1, 0.15) is 66.7 Å². The molecular weight excluding hydrogens is 236 g/mol. The largest absolute Gasteiger partial charge is 0.339 e. The maximum atomic E-state index is 12.4. The lowest BCUT2D eigenvalue weighted by atomic mass is 10.1. The van der Waals surface area contributed by atoms with Crippen molar-refractivity contribution in [2.45, 2.75) is 78.3 Å². The normalized spacial score (nSPS) is 17.2. The van der Waals surface area contributed by atoms with Gasteiger partial charge in [-0.2, -0.15) is 0 Å². The van der Waals surface area contributed by atoms with Crippen LogP contribution in [0.3, 0.4) is 0 Å². The van der Waals surface area contributed by atoms with Crippen molar-refractivity contribution in [3.05, 3.63) is 0 Å². The Morgan fingerprint density at radius 3 is 2.32 bits per heavy atom. The van der Waals surface area contributed by atoms with Gasteiger partial charge in [-0.25, -0.2) is 0 Å². The molecule has 0 saturated heterocycles. The minimum atomic E-state index is 0.0938. The van der Waals surface area contributed by atoms with Crippen LogP contribution in [0.2, 0.25) is 0 Å². The maximum absolute atomic E-state index is 12.4. The van der Waals surface area contributed by atoms with Gasteiger partial charge in [0.1, 0.15) is 0 Å². The first-order chi connectivity index (χ1) is 8.79. The van der Waals surface area contributed by atoms with E-state index >= 15 is 0 Å². The van der Waals surface area contributed by atoms with Crippen molar-refractivity contribution in [3.63, 3.8) is 0 Å². The van der Waals surface area contributed by atoms with Gasteiger partial charge in [-0.15, -0.1) is 0 Å². The minimum absolute atomic E-state index is 0.0938. The highest BCUT2D eigenvalue weighted by atomic mass is 16.2. The fraction of sp³-hybridized carbons (Fsp3) is 0.938. The first kappa shape index (κ1) is 16.5. The Hall–Kier alpha value is -0.570. The molecule has 19 heavy (non-hydrogen) atoms. The molecule has 1 saturated carbocycles. The van der Waals surface area contributed by atoms with E-state index in [9.17, 15) is 4.79 Å². The average molecular weight is 268 g/mol. The molecule has 1 N–H and O–H groups in total. The van der Waals surface area contributed by atoms with Crippen molar-refractivity contribution in [3.8, 4) is 0 Å². The molecule has 1 fully saturated rings. The fourth-order valence-electron chi connectivity index (χ4n) is 2.75. The van der Waals surface area contributed by atoms with Crippen LogP contribution in [0.5, 0.6) is 0 Å². The summed E-state index contributed by atoms with van der Waals surface area (Å²) in [5, 5.41) is 3.40. The van der Waals surface area contributed by atoms with Crippen molar-refractivity contribution in [2.75, 3.05) is 13.1 Å². The van der Waals surface area contributed by atoms with Crippen molar-refractivity contribution < 1.29 is 4.79 Å². The molecule has 0 unspecified atom stereocenters. The molecule has 112 valence electrons. The molecule has 0 heterocycles. The summed E-state index contributed by atoms with van der Waals surface area (Å²) in [4.78, 5) is 14.6. The van der Waals surface area contributed by atoms with E-state index in [0.717, 1.165) is 13.1 Å². The smallest absolute Gasteiger partial charge is 0.224 e. The van der Waals surface area contributed by atoms with E-state index in [-0.39, 0.29) is 5.54 Å². The van der Waals surface area contributed by atoms with Crippen LogP contribution in [0.4, 0.5) is 0 Å². The van der Waals surface area contributed by atoms with E-state index in [2.05, 4.69) is 44.8 Å². The summed E-state index contributed by atoms with van der Waals surface area (Å²) < 4.78 is 0. The van der Waals surface area contributed by atoms with Crippen LogP contribution in [-0.2, 0) is 4.79 Å². The van der Waals surface area contributed by atoms with Gasteiger partial charge in [0.05, 0.1) is 0 Å². The van der Waals surface area contributed by atoms with Gasteiger partial charge in [-0.1, -0.05) is 26.7 Å². The van der Waals surface area contributed by atoms with Gasteiger partial charge in [-0.05, 0) is 39.5 Å². The lowest BCUT2D eigenvalue weighted by molar-refractivity contribution is -0.134. The summed E-state index contributed by atoms with van der Waals surface area (Å²) in [5.41, 5.74) is 0.0938. The molecule has 3 nitrogen and oxygen atoms in total. The number of carbonyl (C=O) groups excluding carboxylic acids is 1. The van der Waals surface area contributed by atoms with Crippen LogP contribution >= 0.6 is 0 Å². The molecule has 1 rings (SSSR count). The first-order valence-electron chi connectivity index (χ1n) is 7.84. The second-order valence-corrected chi connectivity index (χ2v) is 7.31. The summed E-state index contributed by atoms with van der Waals surface area (Å²) in [5.74, 6) is 0.887. The molecule has 1 aliphatic carbocycles. The van der Waals surface area contributed by atoms with Gasteiger partial charge in [0.2, 0.25) is 5.91 Å². The molecule has 3 heteroatoms. The van der Waals surface area contributed by atoms with E-state index in [0.29, 0.717) is 24.3 Å². The Morgan fingerprint density at radius 1 is 1.26 bits per heavy atom. The van der Waals surface area contributed by atoms with Crippen molar-refractivity contribution in [1.29, 1.82) is 0 Å². The standard InChI is InChI=1S/C16H32N2O/c1-13(2)12-18(14-8-6-7-9-14)15(19)10-11-17-16(3,4)5/h13-14,17H,6-12H2,1-5H3. The molecule has 0 aromatic carbocycles. The van der Waals surface area contributed by atoms with Crippen LogP contribution in [0.25, 0.3) is 0 Å². The van der Waals surface area contributed by atoms with Crippen molar-refractivity contribution >= 4 is 5.91 Å². The highest BCUT2D eigenvalue weighted by Gasteiger charge is 2.26. The number of rotatable bonds is 6. The van der Waals surface area contributed by atoms with Crippen LogP contribution in [0.15, 0.2) is 0 Å². The predicted molar refractivity (Wildman–Crippen MR) is 81.2 cm³/mol. The number of hydrogen-bond acceptors (Lipinski definition) is 2. The van der Waals surface area contributed by atoms with Crippen LogP contribution < -0.4 is 5.32 Å². The zero-order chi connectivity index (χ0) is 14.5. The van der Waals surface area contributed by atoms with Gasteiger partial charge < -0.3 is 10.2 Å². The summed E-state index contributed by atoms with van der Waals surface area (Å²) in [6, 6.07) is 0.504. The highest BCUT2D eigenvalue weighted by molar-refractivity contribution is 5.76. The third kappa shape index (κ3) is 6.42. The minimum Gasteiger partial charge on any atom is -0.339 e. The van der Waals surface area contributed by atoms with E-state index in [1.165, 1.54) is 25.7 Å². The SMILES string of the molecule is CC(C)CN(C(=O)CCNC(C)(C)C)C1CCCC1. The first-order valence-corrected chi connectivity index (χ1v) is 7.84. The van der Waals surface area contributed by atoms with E-state index in [1.54, 1.807) is 0 Å². The monoisotopic (exact) mass is 268 g/mol. The zero-order valence-electron chi connectivity index (χ0n) is 13.5. The Kier molecular flexibility index (Phi) is 6.31. The molecule has 0 aromatic rings. The van der Waals surface area contributed by atoms with Gasteiger partial charge in [0.25, 0.3) is 0 Å². The van der Waals surface area contributed by atoms with Gasteiger partial charge in [0, 0.05) is 31.1 Å². The van der Waals surface area contributed by atoms with Gasteiger partial charge in [-0.3, -0.25) is 4.79 Å². The number of carbonyl (C=O) groups is 1. The molecule has 0 radical (unpaired) electrons. The second kappa shape index (κ2) is 7.28. The summed E-state index contributed by atoms with van der Waals surface area (Å²) in [6.45, 7) is 12.5. The molecule has 1 aliphatic rings. The van der Waals surface area contributed by atoms with Crippen LogP contribution in [0, 0.1) is 5.92 Å². The lowest BCUT2D eigenvalue weighted by Gasteiger charge is -2.31. The highest BCUT2D eigenvalue weighted by Crippen LogP contribution is 2.24. The zero-order valence-corrected chi connectivity index (χ0v) is 13.5. The summed E-state index contributed by atoms with van der Waals surface area (Å²) >= 11 is 0. The molecule has 0 bridgehead atoms. The van der Waals surface area contributed by atoms with E-state index < -0.39 is 0 Å². The number of nitrogens with zero attached hydrogens (tertiary/aromatic N) is 1. The van der Waals surface area contributed by atoms with E-state index in [1.807, 2.05) is 0 Å². The molecule has 0 atom stereocenters. The number of amides is 1. The third-order valence-electron chi connectivity index (χ3n) is 3.64. The fourth-order valence-corrected chi connectivity index (χ4v) is 2.75. The molecule has 0 aromatic heterocycles. The Labute approximate surface area is 119 Å². The lowest BCUT2D eigenvalue weighted by Crippen LogP contribution is -2.44. The van der Waals surface area contributed by atoms with Gasteiger partial charge in [0.15, 0.2) is 0 Å². The Morgan fingerprint density at radius 2 is 1.84 bits per heavy atom. The maximum Gasteiger partial charge on any atom is 0.224 e. The quantitative estimate of drug-likeness (QED) is 0.802. The van der Waals surface area contributed by atoms with Crippen molar-refractivity contribution in [2.24, 2.45) is 5.92 Å². The molecular formula is C16H32N2O. The second-order valence-electron chi connectivity index (χ2n) is 7.31. The van der Waals surface area contributed by atoms with Crippen molar-refractivity contribution in [1.82, 2.24) is 10.2 Å². The van der Waals surface area contributed by atoms with Gasteiger partial charge >= 0.3 is 0 Å². The topological polar surface area (TPSA) is 32.3 Å². The summed E-state index contributed by atoms with van der Waals surface area (Å²) in [7, 11) is 0. The predicted octanol–water partition coefficient (Wildman–Crippen LogP) is 3.19. The molecule has 1 amide bonds. The Balaban J connectivity index is 2.46. The number of hydrogen-bond donors (Lipinski definition) is 1. The molecule has 0 spiro atoms.